The molecule has 2 saturated heterocycles. The Kier molecular flexibility index (Phi) is 5.74. The number of aliphatic hydroxyl groups excluding tert-OH is 1. The van der Waals surface area contributed by atoms with Crippen molar-refractivity contribution >= 4 is 35.8 Å². The molecule has 0 bridgehead atoms. The zero-order chi connectivity index (χ0) is 22.4. The third kappa shape index (κ3) is 3.81. The lowest BCUT2D eigenvalue weighted by Crippen LogP contribution is -2.43. The number of hydrogen-bond acceptors (Lipinski definition) is 12. The second kappa shape index (κ2) is 8.07. The van der Waals surface area contributed by atoms with Gasteiger partial charge in [-0.3, -0.25) is 9.05 Å². The van der Waals surface area contributed by atoms with Crippen molar-refractivity contribution < 1.29 is 32.9 Å². The van der Waals surface area contributed by atoms with Gasteiger partial charge in [0.15, 0.2) is 12.4 Å². The lowest BCUT2D eigenvalue weighted by molar-refractivity contribution is -0.150. The molecule has 0 radical (unpaired) electrons. The Hall–Kier alpha value is -2.17. The van der Waals surface area contributed by atoms with Crippen molar-refractivity contribution in [1.82, 2.24) is 14.6 Å². The lowest BCUT2D eigenvalue weighted by Gasteiger charge is -2.33. The van der Waals surface area contributed by atoms with E-state index < -0.39 is 43.2 Å². The smallest absolute Gasteiger partial charge is 0.332 e. The van der Waals surface area contributed by atoms with Crippen LogP contribution in [0.5, 0.6) is 0 Å². The van der Waals surface area contributed by atoms with E-state index in [1.165, 1.54) is 10.8 Å². The average molecular weight is 469 g/mol. The molecule has 2 aromatic rings. The first-order valence-corrected chi connectivity index (χ1v) is 11.9. The van der Waals surface area contributed by atoms with Gasteiger partial charge in [-0.2, -0.15) is 10.4 Å². The lowest BCUT2D eigenvalue weighted by atomic mass is 9.92. The minimum absolute atomic E-state index is 0.0951. The van der Waals surface area contributed by atoms with Gasteiger partial charge in [0.1, 0.15) is 36.2 Å². The molecule has 12 nitrogen and oxygen atoms in total. The van der Waals surface area contributed by atoms with Crippen LogP contribution in [0.25, 0.3) is 5.52 Å². The van der Waals surface area contributed by atoms with Crippen molar-refractivity contribution in [1.29, 1.82) is 5.26 Å². The molecule has 2 aliphatic heterocycles. The van der Waals surface area contributed by atoms with Crippen LogP contribution in [0.1, 0.15) is 19.5 Å². The molecular weight excluding hydrogens is 449 g/mol. The predicted molar refractivity (Wildman–Crippen MR) is 108 cm³/mol. The standard InChI is InChI=1S/C17H20N5O7PS/c1-9(2)27-13(23)6-26-30(31)25-5-11-14(29-30)15(24)17(7-18,28-11)12-4-3-10-16(19)20-8-21-22(10)12/h3-4,8-9,11,14-15,24H,5-6H2,1-2H3,(H2,19,20,21)/t11-,14-,15-,17+,30-/m1/s1. The number of carbonyl (C=O) groups is 1. The van der Waals surface area contributed by atoms with Gasteiger partial charge in [-0.25, -0.2) is 14.3 Å². The fraction of sp³-hybridized carbons (Fsp3) is 0.529. The second-order valence-electron chi connectivity index (χ2n) is 7.23. The number of nitrogen functional groups attached to an aromatic ring is 1. The van der Waals surface area contributed by atoms with Gasteiger partial charge in [0.25, 0.3) is 0 Å². The van der Waals surface area contributed by atoms with E-state index in [2.05, 4.69) is 10.1 Å². The number of ether oxygens (including phenoxy) is 2. The first-order valence-electron chi connectivity index (χ1n) is 9.32. The van der Waals surface area contributed by atoms with Crippen LogP contribution in [-0.4, -0.2) is 63.3 Å². The second-order valence-corrected chi connectivity index (χ2v) is 10.2. The summed E-state index contributed by atoms with van der Waals surface area (Å²) in [6.45, 7) is -0.546. The van der Waals surface area contributed by atoms with Gasteiger partial charge in [-0.15, -0.1) is 0 Å². The molecule has 0 amide bonds. The maximum absolute atomic E-state index is 11.8. The molecule has 31 heavy (non-hydrogen) atoms. The number of nitrogens with zero attached hydrogens (tertiary/aromatic N) is 4. The molecule has 2 aromatic heterocycles. The van der Waals surface area contributed by atoms with Gasteiger partial charge in [0.05, 0.1) is 18.4 Å². The molecule has 2 aliphatic rings. The molecule has 0 aromatic carbocycles. The Morgan fingerprint density at radius 1 is 1.58 bits per heavy atom. The third-order valence-corrected chi connectivity index (χ3v) is 7.12. The van der Waals surface area contributed by atoms with Crippen molar-refractivity contribution in [3.8, 4) is 6.07 Å². The van der Waals surface area contributed by atoms with E-state index >= 15 is 0 Å². The molecule has 14 heteroatoms. The number of fused-ring (bicyclic) bond motifs is 2. The summed E-state index contributed by atoms with van der Waals surface area (Å²) in [5.74, 6) is -0.420. The molecule has 0 saturated carbocycles. The number of aliphatic hydroxyl groups is 1. The van der Waals surface area contributed by atoms with Crippen LogP contribution >= 0.6 is 6.72 Å². The largest absolute Gasteiger partial charge is 0.461 e. The summed E-state index contributed by atoms with van der Waals surface area (Å²) in [4.78, 5) is 15.7. The number of anilines is 1. The van der Waals surface area contributed by atoms with Crippen molar-refractivity contribution in [3.05, 3.63) is 24.2 Å². The highest BCUT2D eigenvalue weighted by Gasteiger charge is 2.61. The van der Waals surface area contributed by atoms with Gasteiger partial charge in [-0.1, -0.05) is 0 Å². The molecular formula is C17H20N5O7PS. The van der Waals surface area contributed by atoms with Gasteiger partial charge in [0.2, 0.25) is 5.60 Å². The van der Waals surface area contributed by atoms with E-state index in [1.54, 1.807) is 26.0 Å². The Balaban J connectivity index is 1.58. The summed E-state index contributed by atoms with van der Waals surface area (Å²) < 4.78 is 28.9. The fourth-order valence-electron chi connectivity index (χ4n) is 3.50. The van der Waals surface area contributed by atoms with Crippen LogP contribution in [0.3, 0.4) is 0 Å². The number of hydrogen-bond donors (Lipinski definition) is 2. The number of nitrogens with two attached hydrogens (primary N) is 1. The average Bonchev–Trinajstić information content (AvgIpc) is 3.27. The molecule has 5 atom stereocenters. The molecule has 0 aliphatic carbocycles. The summed E-state index contributed by atoms with van der Waals surface area (Å²) in [5.41, 5.74) is 4.74. The summed E-state index contributed by atoms with van der Waals surface area (Å²) in [6, 6.07) is 5.22. The number of nitriles is 1. The quantitative estimate of drug-likeness (QED) is 0.458. The SMILES string of the molecule is CC(C)OC(=O)CO[P@]1(=S)OC[C@H]2O[C@@](C#N)(c3ccc4c(N)ncnn34)[C@H](O)[C@@H]2O1. The van der Waals surface area contributed by atoms with Gasteiger partial charge in [-0.05, 0) is 37.8 Å². The predicted octanol–water partition coefficient (Wildman–Crippen LogP) is 0.398. The Labute approximate surface area is 182 Å². The zero-order valence-corrected chi connectivity index (χ0v) is 18.3. The van der Waals surface area contributed by atoms with E-state index in [-0.39, 0.29) is 24.2 Å². The maximum Gasteiger partial charge on any atom is 0.332 e. The monoisotopic (exact) mass is 469 g/mol. The molecule has 166 valence electrons. The molecule has 2 fully saturated rings. The van der Waals surface area contributed by atoms with E-state index in [0.717, 1.165) is 0 Å². The molecule has 4 rings (SSSR count). The molecule has 4 heterocycles. The van der Waals surface area contributed by atoms with E-state index in [0.29, 0.717) is 5.52 Å². The maximum atomic E-state index is 11.8. The molecule has 3 N–H and O–H groups in total. The van der Waals surface area contributed by atoms with E-state index in [1.807, 2.05) is 6.07 Å². The van der Waals surface area contributed by atoms with Crippen molar-refractivity contribution in [2.75, 3.05) is 18.9 Å². The Morgan fingerprint density at radius 2 is 2.35 bits per heavy atom. The topological polar surface area (TPSA) is 163 Å². The fourth-order valence-corrected chi connectivity index (χ4v) is 5.48. The highest BCUT2D eigenvalue weighted by molar-refractivity contribution is 8.07. The first kappa shape index (κ1) is 22.0. The van der Waals surface area contributed by atoms with Crippen LogP contribution in [0.2, 0.25) is 0 Å². The van der Waals surface area contributed by atoms with Crippen molar-refractivity contribution in [2.45, 2.75) is 43.9 Å². The number of esters is 1. The zero-order valence-electron chi connectivity index (χ0n) is 16.6. The van der Waals surface area contributed by atoms with Crippen LogP contribution in [0.4, 0.5) is 5.82 Å². The Morgan fingerprint density at radius 3 is 3.06 bits per heavy atom. The normalized spacial score (nSPS) is 32.7. The van der Waals surface area contributed by atoms with Gasteiger partial charge in [0, 0.05) is 0 Å². The molecule has 0 spiro atoms. The highest BCUT2D eigenvalue weighted by Crippen LogP contribution is 2.58. The van der Waals surface area contributed by atoms with Crippen LogP contribution < -0.4 is 5.73 Å². The van der Waals surface area contributed by atoms with E-state index in [4.69, 9.17) is 40.6 Å². The van der Waals surface area contributed by atoms with Gasteiger partial charge >= 0.3 is 12.7 Å². The summed E-state index contributed by atoms with van der Waals surface area (Å²) in [6.07, 6.45) is -2.36. The van der Waals surface area contributed by atoms with E-state index in [9.17, 15) is 15.2 Å². The van der Waals surface area contributed by atoms with Gasteiger partial charge < -0.3 is 24.8 Å². The summed E-state index contributed by atoms with van der Waals surface area (Å²) in [5, 5.41) is 25.2. The highest BCUT2D eigenvalue weighted by atomic mass is 32.5. The van der Waals surface area contributed by atoms with Crippen molar-refractivity contribution in [3.63, 3.8) is 0 Å². The Bertz CT molecular complexity index is 1100. The minimum Gasteiger partial charge on any atom is -0.461 e. The van der Waals surface area contributed by atoms with Crippen LogP contribution in [0, 0.1) is 11.3 Å². The minimum atomic E-state index is -3.39. The van der Waals surface area contributed by atoms with Crippen molar-refractivity contribution in [2.24, 2.45) is 0 Å². The number of carbonyl (C=O) groups excluding carboxylic acids is 1. The summed E-state index contributed by atoms with van der Waals surface area (Å²) >= 11 is 5.31. The number of aromatic nitrogens is 3. The first-order chi connectivity index (χ1) is 14.7. The van der Waals surface area contributed by atoms with Crippen LogP contribution in [-0.2, 0) is 45.2 Å². The van der Waals surface area contributed by atoms with Crippen LogP contribution in [0.15, 0.2) is 18.5 Å². The summed E-state index contributed by atoms with van der Waals surface area (Å²) in [7, 11) is 0. The molecule has 0 unspecified atom stereocenters. The number of rotatable bonds is 5. The third-order valence-electron chi connectivity index (χ3n) is 4.82.